The van der Waals surface area contributed by atoms with Gasteiger partial charge in [0.2, 0.25) is 0 Å². The van der Waals surface area contributed by atoms with Gasteiger partial charge in [0.05, 0.1) is 0 Å². The highest BCUT2D eigenvalue weighted by Crippen LogP contribution is 2.49. The Morgan fingerprint density at radius 3 is 2.67 bits per heavy atom. The van der Waals surface area contributed by atoms with Crippen LogP contribution in [0.4, 0.5) is 0 Å². The van der Waals surface area contributed by atoms with Gasteiger partial charge in [0.1, 0.15) is 0 Å². The van der Waals surface area contributed by atoms with Crippen molar-refractivity contribution in [2.24, 2.45) is 11.3 Å². The smallest absolute Gasteiger partial charge is 0.0468 e. The maximum absolute atomic E-state index is 5.27. The molecule has 1 saturated carbocycles. The first kappa shape index (κ1) is 14.3. The van der Waals surface area contributed by atoms with Gasteiger partial charge in [-0.2, -0.15) is 0 Å². The molecule has 2 rings (SSSR count). The molecule has 0 radical (unpaired) electrons. The van der Waals surface area contributed by atoms with Gasteiger partial charge in [-0.1, -0.05) is 13.8 Å². The Labute approximate surface area is 112 Å². The predicted molar refractivity (Wildman–Crippen MR) is 75.8 cm³/mol. The van der Waals surface area contributed by atoms with Crippen LogP contribution in [0.25, 0.3) is 0 Å². The van der Waals surface area contributed by atoms with Crippen LogP contribution in [-0.4, -0.2) is 50.3 Å². The van der Waals surface area contributed by atoms with Gasteiger partial charge in [-0.3, -0.25) is 4.90 Å². The van der Waals surface area contributed by atoms with E-state index in [2.05, 4.69) is 31.0 Å². The van der Waals surface area contributed by atoms with Gasteiger partial charge in [0.25, 0.3) is 0 Å². The molecule has 1 aliphatic carbocycles. The number of ether oxygens (including phenoxy) is 1. The standard InChI is InChI=1S/C15H30N2O/c1-12(2)14-9-16-13(3)10-17(14)11-15(5-6-15)7-8-18-4/h12-14,16H,5-11H2,1-4H3. The van der Waals surface area contributed by atoms with Gasteiger partial charge in [-0.25, -0.2) is 0 Å². The van der Waals surface area contributed by atoms with Gasteiger partial charge < -0.3 is 10.1 Å². The highest BCUT2D eigenvalue weighted by Gasteiger charge is 2.45. The summed E-state index contributed by atoms with van der Waals surface area (Å²) in [6.45, 7) is 11.6. The van der Waals surface area contributed by atoms with Gasteiger partial charge in [-0.05, 0) is 37.5 Å². The molecule has 1 saturated heterocycles. The lowest BCUT2D eigenvalue weighted by atomic mass is 9.94. The summed E-state index contributed by atoms with van der Waals surface area (Å²) in [7, 11) is 1.82. The first-order chi connectivity index (χ1) is 8.56. The van der Waals surface area contributed by atoms with E-state index in [9.17, 15) is 0 Å². The minimum atomic E-state index is 0.584. The van der Waals surface area contributed by atoms with E-state index < -0.39 is 0 Å². The molecular formula is C15H30N2O. The molecule has 0 aromatic heterocycles. The van der Waals surface area contributed by atoms with Crippen LogP contribution in [0.1, 0.15) is 40.0 Å². The first-order valence-corrected chi connectivity index (χ1v) is 7.53. The molecule has 2 aliphatic rings. The lowest BCUT2D eigenvalue weighted by Crippen LogP contribution is -2.58. The normalized spacial score (nSPS) is 31.8. The Hall–Kier alpha value is -0.120. The fraction of sp³-hybridized carbons (Fsp3) is 1.00. The summed E-state index contributed by atoms with van der Waals surface area (Å²) in [6, 6.07) is 1.35. The Kier molecular flexibility index (Phi) is 4.68. The maximum Gasteiger partial charge on any atom is 0.0468 e. The van der Waals surface area contributed by atoms with E-state index in [1.165, 1.54) is 32.4 Å². The molecule has 0 spiro atoms. The van der Waals surface area contributed by atoms with Crippen molar-refractivity contribution >= 4 is 0 Å². The highest BCUT2D eigenvalue weighted by atomic mass is 16.5. The van der Waals surface area contributed by atoms with Crippen LogP contribution >= 0.6 is 0 Å². The van der Waals surface area contributed by atoms with Crippen LogP contribution in [0.2, 0.25) is 0 Å². The molecule has 3 nitrogen and oxygen atoms in total. The lowest BCUT2D eigenvalue weighted by molar-refractivity contribution is 0.0696. The Morgan fingerprint density at radius 1 is 1.39 bits per heavy atom. The molecule has 0 aromatic rings. The van der Waals surface area contributed by atoms with Crippen LogP contribution in [-0.2, 0) is 4.74 Å². The molecule has 0 bridgehead atoms. The molecular weight excluding hydrogens is 224 g/mol. The Balaban J connectivity index is 1.92. The molecule has 106 valence electrons. The van der Waals surface area contributed by atoms with E-state index in [1.54, 1.807) is 0 Å². The minimum absolute atomic E-state index is 0.584. The third-order valence-corrected chi connectivity index (χ3v) is 4.75. The van der Waals surface area contributed by atoms with Crippen LogP contribution < -0.4 is 5.32 Å². The Morgan fingerprint density at radius 2 is 2.11 bits per heavy atom. The minimum Gasteiger partial charge on any atom is -0.385 e. The van der Waals surface area contributed by atoms with Crippen LogP contribution in [0.5, 0.6) is 0 Å². The summed E-state index contributed by atoms with van der Waals surface area (Å²) >= 11 is 0. The monoisotopic (exact) mass is 254 g/mol. The van der Waals surface area contributed by atoms with Gasteiger partial charge >= 0.3 is 0 Å². The summed E-state index contributed by atoms with van der Waals surface area (Å²) in [5.74, 6) is 0.739. The topological polar surface area (TPSA) is 24.5 Å². The number of nitrogens with zero attached hydrogens (tertiary/aromatic N) is 1. The number of rotatable bonds is 6. The maximum atomic E-state index is 5.27. The van der Waals surface area contributed by atoms with Crippen molar-refractivity contribution in [2.75, 3.05) is 33.4 Å². The fourth-order valence-corrected chi connectivity index (χ4v) is 3.26. The van der Waals surface area contributed by atoms with Crippen LogP contribution in [0, 0.1) is 11.3 Å². The van der Waals surface area contributed by atoms with Gasteiger partial charge in [0, 0.05) is 45.4 Å². The molecule has 18 heavy (non-hydrogen) atoms. The average Bonchev–Trinajstić information content (AvgIpc) is 3.06. The Bertz CT molecular complexity index is 263. The average molecular weight is 254 g/mol. The van der Waals surface area contributed by atoms with Gasteiger partial charge in [-0.15, -0.1) is 0 Å². The summed E-state index contributed by atoms with van der Waals surface area (Å²) in [5, 5.41) is 3.63. The molecule has 2 fully saturated rings. The lowest BCUT2D eigenvalue weighted by Gasteiger charge is -2.43. The van der Waals surface area contributed by atoms with Crippen molar-refractivity contribution in [3.05, 3.63) is 0 Å². The first-order valence-electron chi connectivity index (χ1n) is 7.53. The molecule has 0 aromatic carbocycles. The number of piperazine rings is 1. The number of hydrogen-bond acceptors (Lipinski definition) is 3. The molecule has 1 heterocycles. The van der Waals surface area contributed by atoms with Crippen molar-refractivity contribution < 1.29 is 4.74 Å². The third-order valence-electron chi connectivity index (χ3n) is 4.75. The molecule has 0 amide bonds. The zero-order chi connectivity index (χ0) is 13.2. The number of methoxy groups -OCH3 is 1. The van der Waals surface area contributed by atoms with Gasteiger partial charge in [0.15, 0.2) is 0 Å². The molecule has 1 aliphatic heterocycles. The summed E-state index contributed by atoms with van der Waals surface area (Å²) in [4.78, 5) is 2.74. The second kappa shape index (κ2) is 5.89. The van der Waals surface area contributed by atoms with Crippen LogP contribution in [0.3, 0.4) is 0 Å². The highest BCUT2D eigenvalue weighted by molar-refractivity contribution is 4.98. The summed E-state index contributed by atoms with van der Waals surface area (Å²) in [6.07, 6.45) is 4.05. The summed E-state index contributed by atoms with van der Waals surface area (Å²) < 4.78 is 5.27. The molecule has 2 atom stereocenters. The van der Waals surface area contributed by atoms with E-state index in [1.807, 2.05) is 7.11 Å². The van der Waals surface area contributed by atoms with E-state index in [4.69, 9.17) is 4.74 Å². The second-order valence-corrected chi connectivity index (χ2v) is 6.79. The summed E-state index contributed by atoms with van der Waals surface area (Å²) in [5.41, 5.74) is 0.584. The van der Waals surface area contributed by atoms with Crippen molar-refractivity contribution in [1.82, 2.24) is 10.2 Å². The van der Waals surface area contributed by atoms with E-state index in [0.29, 0.717) is 17.5 Å². The molecule has 1 N–H and O–H groups in total. The molecule has 2 unspecified atom stereocenters. The van der Waals surface area contributed by atoms with Crippen molar-refractivity contribution in [2.45, 2.75) is 52.1 Å². The second-order valence-electron chi connectivity index (χ2n) is 6.79. The zero-order valence-corrected chi connectivity index (χ0v) is 12.5. The fourth-order valence-electron chi connectivity index (χ4n) is 3.26. The number of hydrogen-bond donors (Lipinski definition) is 1. The van der Waals surface area contributed by atoms with Crippen LogP contribution in [0.15, 0.2) is 0 Å². The SMILES string of the molecule is COCCC1(CN2CC(C)NCC2C(C)C)CC1. The zero-order valence-electron chi connectivity index (χ0n) is 12.5. The van der Waals surface area contributed by atoms with Crippen molar-refractivity contribution in [3.63, 3.8) is 0 Å². The van der Waals surface area contributed by atoms with Crippen molar-refractivity contribution in [1.29, 1.82) is 0 Å². The largest absolute Gasteiger partial charge is 0.385 e. The van der Waals surface area contributed by atoms with E-state index in [0.717, 1.165) is 19.1 Å². The predicted octanol–water partition coefficient (Wildman–Crippen LogP) is 2.12. The number of nitrogens with one attached hydrogen (secondary N) is 1. The third kappa shape index (κ3) is 3.46. The quantitative estimate of drug-likeness (QED) is 0.786. The van der Waals surface area contributed by atoms with Crippen molar-refractivity contribution in [3.8, 4) is 0 Å². The van der Waals surface area contributed by atoms with E-state index >= 15 is 0 Å². The molecule has 3 heteroatoms. The van der Waals surface area contributed by atoms with E-state index in [-0.39, 0.29) is 0 Å².